The summed E-state index contributed by atoms with van der Waals surface area (Å²) in [6.07, 6.45) is 3.04. The van der Waals surface area contributed by atoms with Crippen LogP contribution in [0.15, 0.2) is 18.2 Å². The fraction of sp³-hybridized carbons (Fsp3) is 0.462. The van der Waals surface area contributed by atoms with Crippen LogP contribution in [0.2, 0.25) is 0 Å². The lowest BCUT2D eigenvalue weighted by atomic mass is 10.0. The molecule has 1 aliphatic carbocycles. The van der Waals surface area contributed by atoms with E-state index in [0.29, 0.717) is 12.6 Å². The Hall–Kier alpha value is -1.55. The third-order valence-electron chi connectivity index (χ3n) is 3.27. The number of carboxylic acids is 1. The molecule has 1 fully saturated rings. The number of fused-ring (bicyclic) bond motifs is 1. The Balaban J connectivity index is 1.86. The van der Waals surface area contributed by atoms with Crippen molar-refractivity contribution in [3.8, 4) is 5.75 Å². The minimum Gasteiger partial charge on any atom is -0.493 e. The van der Waals surface area contributed by atoms with Crippen LogP contribution in [-0.2, 0) is 11.2 Å². The van der Waals surface area contributed by atoms with Crippen LogP contribution in [0.1, 0.15) is 30.0 Å². The van der Waals surface area contributed by atoms with Gasteiger partial charge in [-0.05, 0) is 36.1 Å². The number of carboxylic acid groups (broad SMARTS) is 1. The molecule has 1 aliphatic heterocycles. The topological polar surface area (TPSA) is 58.6 Å². The third kappa shape index (κ3) is 2.13. The second-order valence-electron chi connectivity index (χ2n) is 4.68. The predicted octanol–water partition coefficient (Wildman–Crippen LogP) is 1.50. The van der Waals surface area contributed by atoms with Crippen LogP contribution < -0.4 is 10.1 Å². The van der Waals surface area contributed by atoms with Gasteiger partial charge in [-0.25, -0.2) is 0 Å². The average molecular weight is 233 g/mol. The van der Waals surface area contributed by atoms with Gasteiger partial charge in [0.1, 0.15) is 11.8 Å². The number of rotatable bonds is 4. The fourth-order valence-corrected chi connectivity index (χ4v) is 2.18. The van der Waals surface area contributed by atoms with Crippen LogP contribution in [0.3, 0.4) is 0 Å². The Morgan fingerprint density at radius 2 is 2.29 bits per heavy atom. The number of benzene rings is 1. The van der Waals surface area contributed by atoms with Crippen LogP contribution in [0, 0.1) is 0 Å². The molecule has 3 rings (SSSR count). The minimum absolute atomic E-state index is 0.376. The maximum absolute atomic E-state index is 11.3. The van der Waals surface area contributed by atoms with Crippen molar-refractivity contribution in [3.05, 3.63) is 29.3 Å². The smallest absolute Gasteiger partial charge is 0.325 e. The average Bonchev–Trinajstić information content (AvgIpc) is 3.01. The molecule has 1 heterocycles. The highest BCUT2D eigenvalue weighted by Gasteiger charge is 2.29. The lowest BCUT2D eigenvalue weighted by molar-refractivity contribution is -0.139. The zero-order valence-electron chi connectivity index (χ0n) is 9.48. The summed E-state index contributed by atoms with van der Waals surface area (Å²) in [6, 6.07) is 5.46. The van der Waals surface area contributed by atoms with Gasteiger partial charge in [0.15, 0.2) is 0 Å². The summed E-state index contributed by atoms with van der Waals surface area (Å²) in [6.45, 7) is 0.701. The van der Waals surface area contributed by atoms with Gasteiger partial charge in [-0.1, -0.05) is 6.07 Å². The van der Waals surface area contributed by atoms with E-state index >= 15 is 0 Å². The standard InChI is InChI=1S/C13H15NO3/c15-13(16)12(14-10-2-3-10)9-1-4-11-8(7-9)5-6-17-11/h1,4,7,10,12,14H,2-3,5-6H2,(H,15,16). The molecule has 1 aromatic rings. The van der Waals surface area contributed by atoms with Crippen LogP contribution in [0.4, 0.5) is 0 Å². The molecule has 1 aromatic carbocycles. The van der Waals surface area contributed by atoms with Crippen molar-refractivity contribution < 1.29 is 14.6 Å². The fourth-order valence-electron chi connectivity index (χ4n) is 2.18. The van der Waals surface area contributed by atoms with Gasteiger partial charge in [0, 0.05) is 12.5 Å². The molecule has 2 aliphatic rings. The molecule has 4 nitrogen and oxygen atoms in total. The molecule has 2 N–H and O–H groups in total. The minimum atomic E-state index is -0.809. The number of nitrogens with one attached hydrogen (secondary N) is 1. The second kappa shape index (κ2) is 4.04. The summed E-state index contributed by atoms with van der Waals surface area (Å²) < 4.78 is 5.42. The number of carbonyl (C=O) groups is 1. The molecule has 0 radical (unpaired) electrons. The van der Waals surface area contributed by atoms with Gasteiger partial charge < -0.3 is 9.84 Å². The van der Waals surface area contributed by atoms with Crippen molar-refractivity contribution in [2.75, 3.05) is 6.61 Å². The maximum Gasteiger partial charge on any atom is 0.325 e. The van der Waals surface area contributed by atoms with Gasteiger partial charge in [-0.3, -0.25) is 10.1 Å². The molecule has 0 saturated heterocycles. The van der Waals surface area contributed by atoms with Crippen molar-refractivity contribution in [1.82, 2.24) is 5.32 Å². The summed E-state index contributed by atoms with van der Waals surface area (Å²) in [5.74, 6) is 0.0834. The summed E-state index contributed by atoms with van der Waals surface area (Å²) in [5, 5.41) is 12.4. The van der Waals surface area contributed by atoms with Gasteiger partial charge in [0.25, 0.3) is 0 Å². The molecule has 1 atom stereocenters. The van der Waals surface area contributed by atoms with Crippen molar-refractivity contribution in [2.45, 2.75) is 31.3 Å². The molecule has 17 heavy (non-hydrogen) atoms. The first-order valence-electron chi connectivity index (χ1n) is 5.98. The van der Waals surface area contributed by atoms with Crippen LogP contribution in [0.25, 0.3) is 0 Å². The summed E-state index contributed by atoms with van der Waals surface area (Å²) in [4.78, 5) is 11.3. The van der Waals surface area contributed by atoms with Crippen molar-refractivity contribution in [2.24, 2.45) is 0 Å². The molecule has 1 saturated carbocycles. The van der Waals surface area contributed by atoms with E-state index in [0.717, 1.165) is 36.1 Å². The van der Waals surface area contributed by atoms with E-state index in [1.165, 1.54) is 0 Å². The molecule has 90 valence electrons. The Kier molecular flexibility index (Phi) is 2.52. The number of aliphatic carboxylic acids is 1. The first-order valence-corrected chi connectivity index (χ1v) is 5.98. The Morgan fingerprint density at radius 3 is 3.00 bits per heavy atom. The van der Waals surface area contributed by atoms with Crippen LogP contribution in [-0.4, -0.2) is 23.7 Å². The molecule has 0 bridgehead atoms. The van der Waals surface area contributed by atoms with Gasteiger partial charge in [0.2, 0.25) is 0 Å². The SMILES string of the molecule is O=C(O)C(NC1CC1)c1ccc2c(c1)CCO2. The van der Waals surface area contributed by atoms with E-state index in [1.54, 1.807) is 0 Å². The molecule has 4 heteroatoms. The Bertz CT molecular complexity index is 454. The van der Waals surface area contributed by atoms with E-state index in [-0.39, 0.29) is 0 Å². The Morgan fingerprint density at radius 1 is 1.47 bits per heavy atom. The van der Waals surface area contributed by atoms with E-state index < -0.39 is 12.0 Å². The quantitative estimate of drug-likeness (QED) is 0.827. The van der Waals surface area contributed by atoms with Crippen molar-refractivity contribution >= 4 is 5.97 Å². The molecule has 0 amide bonds. The molecular weight excluding hydrogens is 218 g/mol. The van der Waals surface area contributed by atoms with Gasteiger partial charge in [-0.15, -0.1) is 0 Å². The normalized spacial score (nSPS) is 19.5. The van der Waals surface area contributed by atoms with Gasteiger partial charge >= 0.3 is 5.97 Å². The van der Waals surface area contributed by atoms with Crippen molar-refractivity contribution in [3.63, 3.8) is 0 Å². The highest BCUT2D eigenvalue weighted by atomic mass is 16.5. The monoisotopic (exact) mass is 233 g/mol. The van der Waals surface area contributed by atoms with Gasteiger partial charge in [-0.2, -0.15) is 0 Å². The predicted molar refractivity (Wildman–Crippen MR) is 62.2 cm³/mol. The lowest BCUT2D eigenvalue weighted by Gasteiger charge is -2.15. The van der Waals surface area contributed by atoms with Crippen molar-refractivity contribution in [1.29, 1.82) is 0 Å². The van der Waals surface area contributed by atoms with E-state index in [2.05, 4.69) is 5.32 Å². The number of hydrogen-bond donors (Lipinski definition) is 2. The first kappa shape index (κ1) is 10.6. The number of hydrogen-bond acceptors (Lipinski definition) is 3. The van der Waals surface area contributed by atoms with E-state index in [9.17, 15) is 9.90 Å². The summed E-state index contributed by atoms with van der Waals surface area (Å²) >= 11 is 0. The summed E-state index contributed by atoms with van der Waals surface area (Å²) in [5.41, 5.74) is 1.94. The van der Waals surface area contributed by atoms with Gasteiger partial charge in [0.05, 0.1) is 6.61 Å². The van der Waals surface area contributed by atoms with E-state index in [4.69, 9.17) is 4.74 Å². The Labute approximate surface area is 99.6 Å². The molecule has 0 spiro atoms. The first-order chi connectivity index (χ1) is 8.24. The largest absolute Gasteiger partial charge is 0.493 e. The highest BCUT2D eigenvalue weighted by Crippen LogP contribution is 2.30. The van der Waals surface area contributed by atoms with Crippen LogP contribution >= 0.6 is 0 Å². The zero-order valence-corrected chi connectivity index (χ0v) is 9.48. The maximum atomic E-state index is 11.3. The summed E-state index contributed by atoms with van der Waals surface area (Å²) in [7, 11) is 0. The number of ether oxygens (including phenoxy) is 1. The molecule has 0 aromatic heterocycles. The van der Waals surface area contributed by atoms with E-state index in [1.807, 2.05) is 18.2 Å². The second-order valence-corrected chi connectivity index (χ2v) is 4.68. The molecule has 1 unspecified atom stereocenters. The third-order valence-corrected chi connectivity index (χ3v) is 3.27. The highest BCUT2D eigenvalue weighted by molar-refractivity contribution is 5.76. The molecular formula is C13H15NO3. The zero-order chi connectivity index (χ0) is 11.8. The van der Waals surface area contributed by atoms with Crippen LogP contribution in [0.5, 0.6) is 5.75 Å². The lowest BCUT2D eigenvalue weighted by Crippen LogP contribution is -2.30.